The van der Waals surface area contributed by atoms with E-state index in [1.54, 1.807) is 5.56 Å². The average Bonchev–Trinajstić information content (AvgIpc) is 2.80. The van der Waals surface area contributed by atoms with Crippen molar-refractivity contribution in [1.82, 2.24) is 0 Å². The van der Waals surface area contributed by atoms with E-state index in [0.29, 0.717) is 11.0 Å². The molecule has 3 nitrogen and oxygen atoms in total. The Morgan fingerprint density at radius 3 is 1.72 bits per heavy atom. The van der Waals surface area contributed by atoms with Crippen LogP contribution in [0.4, 0.5) is 22.7 Å². The van der Waals surface area contributed by atoms with Gasteiger partial charge in [0.15, 0.2) is 6.29 Å². The Labute approximate surface area is 190 Å². The lowest BCUT2D eigenvalue weighted by Gasteiger charge is -2.57. The lowest BCUT2D eigenvalue weighted by molar-refractivity contribution is -0.00518. The molecule has 4 aliphatic rings. The van der Waals surface area contributed by atoms with Gasteiger partial charge in [-0.25, -0.2) is 0 Å². The molecule has 7 rings (SSSR count). The van der Waals surface area contributed by atoms with Gasteiger partial charge in [-0.15, -0.1) is 0 Å². The zero-order valence-electron chi connectivity index (χ0n) is 18.4. The summed E-state index contributed by atoms with van der Waals surface area (Å²) in [5.41, 5.74) is 6.65. The molecule has 0 saturated heterocycles. The van der Waals surface area contributed by atoms with Crippen molar-refractivity contribution in [3.8, 4) is 0 Å². The number of anilines is 4. The van der Waals surface area contributed by atoms with Crippen LogP contribution in [0.2, 0.25) is 0 Å². The second kappa shape index (κ2) is 7.81. The van der Waals surface area contributed by atoms with Crippen LogP contribution in [-0.2, 0) is 5.41 Å². The molecule has 3 aromatic rings. The molecule has 0 aliphatic heterocycles. The molecule has 0 atom stereocenters. The van der Waals surface area contributed by atoms with Crippen LogP contribution in [-0.4, -0.2) is 6.29 Å². The van der Waals surface area contributed by atoms with E-state index in [1.807, 2.05) is 36.4 Å². The van der Waals surface area contributed by atoms with Crippen LogP contribution in [0, 0.1) is 17.8 Å². The van der Waals surface area contributed by atoms with E-state index in [1.165, 1.54) is 38.5 Å². The Bertz CT molecular complexity index is 1080. The summed E-state index contributed by atoms with van der Waals surface area (Å²) in [7, 11) is 0. The Morgan fingerprint density at radius 2 is 1.16 bits per heavy atom. The predicted molar refractivity (Wildman–Crippen MR) is 131 cm³/mol. The summed E-state index contributed by atoms with van der Waals surface area (Å²) in [6.45, 7) is 0. The molecule has 0 aromatic heterocycles. The molecule has 0 heterocycles. The minimum absolute atomic E-state index is 0.457. The molecular formula is C29H30N2O. The molecule has 0 unspecified atom stereocenters. The fourth-order valence-corrected chi connectivity index (χ4v) is 7.04. The molecule has 0 amide bonds. The Morgan fingerprint density at radius 1 is 0.656 bits per heavy atom. The largest absolute Gasteiger partial charge is 0.356 e. The molecule has 32 heavy (non-hydrogen) atoms. The first-order valence-corrected chi connectivity index (χ1v) is 12.0. The van der Waals surface area contributed by atoms with Crippen LogP contribution in [0.25, 0.3) is 0 Å². The van der Waals surface area contributed by atoms with Gasteiger partial charge >= 0.3 is 0 Å². The van der Waals surface area contributed by atoms with E-state index < -0.39 is 0 Å². The minimum Gasteiger partial charge on any atom is -0.356 e. The number of carbonyl (C=O) groups excluding carboxylic acids is 1. The molecule has 0 radical (unpaired) electrons. The van der Waals surface area contributed by atoms with E-state index in [9.17, 15) is 4.79 Å². The standard InChI is InChI=1S/C29H30N2O/c32-19-23-3-1-2-4-28(23)31-27-11-9-26(10-12-27)30-25-7-5-24(6-8-25)29-16-20-13-21(17-29)15-22(14-20)18-29/h1-12,19-22,30-31H,13-18H2. The summed E-state index contributed by atoms with van der Waals surface area (Å²) < 4.78 is 0. The second-order valence-corrected chi connectivity index (χ2v) is 10.3. The topological polar surface area (TPSA) is 41.1 Å². The lowest BCUT2D eigenvalue weighted by Crippen LogP contribution is -2.48. The first kappa shape index (κ1) is 19.6. The number of para-hydroxylation sites is 1. The van der Waals surface area contributed by atoms with Crippen molar-refractivity contribution in [3.63, 3.8) is 0 Å². The first-order chi connectivity index (χ1) is 15.7. The highest BCUT2D eigenvalue weighted by molar-refractivity contribution is 5.86. The van der Waals surface area contributed by atoms with Crippen LogP contribution in [0.5, 0.6) is 0 Å². The maximum atomic E-state index is 11.2. The monoisotopic (exact) mass is 422 g/mol. The SMILES string of the molecule is O=Cc1ccccc1Nc1ccc(Nc2ccc(C34CC5CC(CC(C5)C3)C4)cc2)cc1. The van der Waals surface area contributed by atoms with Crippen molar-refractivity contribution in [1.29, 1.82) is 0 Å². The van der Waals surface area contributed by atoms with Crippen molar-refractivity contribution in [2.45, 2.75) is 43.9 Å². The summed E-state index contributed by atoms with van der Waals surface area (Å²) in [5.74, 6) is 2.93. The lowest BCUT2D eigenvalue weighted by atomic mass is 9.48. The number of carbonyl (C=O) groups is 1. The van der Waals surface area contributed by atoms with Crippen LogP contribution >= 0.6 is 0 Å². The fourth-order valence-electron chi connectivity index (χ4n) is 7.04. The second-order valence-electron chi connectivity index (χ2n) is 10.3. The Kier molecular flexibility index (Phi) is 4.78. The normalized spacial score (nSPS) is 27.8. The van der Waals surface area contributed by atoms with E-state index in [-0.39, 0.29) is 0 Å². The van der Waals surface area contributed by atoms with Crippen molar-refractivity contribution in [3.05, 3.63) is 83.9 Å². The van der Waals surface area contributed by atoms with Gasteiger partial charge in [-0.1, -0.05) is 24.3 Å². The smallest absolute Gasteiger partial charge is 0.152 e. The van der Waals surface area contributed by atoms with Crippen molar-refractivity contribution < 1.29 is 4.79 Å². The van der Waals surface area contributed by atoms with Gasteiger partial charge in [0.2, 0.25) is 0 Å². The molecule has 0 spiro atoms. The highest BCUT2D eigenvalue weighted by Crippen LogP contribution is 2.60. The van der Waals surface area contributed by atoms with Crippen molar-refractivity contribution >= 4 is 29.0 Å². The third-order valence-corrected chi connectivity index (χ3v) is 8.08. The molecule has 4 saturated carbocycles. The van der Waals surface area contributed by atoms with Crippen molar-refractivity contribution in [2.75, 3.05) is 10.6 Å². The van der Waals surface area contributed by atoms with Crippen LogP contribution in [0.1, 0.15) is 54.4 Å². The van der Waals surface area contributed by atoms with E-state index >= 15 is 0 Å². The number of nitrogens with one attached hydrogen (secondary N) is 2. The summed E-state index contributed by atoms with van der Waals surface area (Å²) in [4.78, 5) is 11.2. The van der Waals surface area contributed by atoms with Gasteiger partial charge in [0, 0.05) is 28.3 Å². The van der Waals surface area contributed by atoms with E-state index in [0.717, 1.165) is 46.8 Å². The van der Waals surface area contributed by atoms with Crippen LogP contribution in [0.3, 0.4) is 0 Å². The Balaban J connectivity index is 1.14. The number of aldehydes is 1. The van der Waals surface area contributed by atoms with Gasteiger partial charge in [0.1, 0.15) is 0 Å². The number of rotatable bonds is 6. The van der Waals surface area contributed by atoms with Crippen LogP contribution < -0.4 is 10.6 Å². The third kappa shape index (κ3) is 3.60. The quantitative estimate of drug-likeness (QED) is 0.405. The number of hydrogen-bond acceptors (Lipinski definition) is 3. The molecule has 4 aliphatic carbocycles. The van der Waals surface area contributed by atoms with Gasteiger partial charge < -0.3 is 10.6 Å². The summed E-state index contributed by atoms with van der Waals surface area (Å²) in [6, 6.07) is 25.0. The maximum absolute atomic E-state index is 11.2. The van der Waals surface area contributed by atoms with Gasteiger partial charge in [0.25, 0.3) is 0 Å². The fraction of sp³-hybridized carbons (Fsp3) is 0.345. The predicted octanol–water partition coefficient (Wildman–Crippen LogP) is 7.45. The Hall–Kier alpha value is -3.07. The third-order valence-electron chi connectivity index (χ3n) is 8.08. The van der Waals surface area contributed by atoms with E-state index in [2.05, 4.69) is 47.0 Å². The number of hydrogen-bond donors (Lipinski definition) is 2. The summed E-state index contributed by atoms with van der Waals surface area (Å²) in [5, 5.41) is 6.86. The molecular weight excluding hydrogens is 392 g/mol. The van der Waals surface area contributed by atoms with Crippen LogP contribution in [0.15, 0.2) is 72.8 Å². The van der Waals surface area contributed by atoms with E-state index in [4.69, 9.17) is 0 Å². The molecule has 2 N–H and O–H groups in total. The highest BCUT2D eigenvalue weighted by atomic mass is 16.1. The molecule has 4 fully saturated rings. The van der Waals surface area contributed by atoms with Gasteiger partial charge in [-0.3, -0.25) is 4.79 Å². The molecule has 3 aromatic carbocycles. The maximum Gasteiger partial charge on any atom is 0.152 e. The molecule has 3 heteroatoms. The minimum atomic E-state index is 0.457. The molecule has 4 bridgehead atoms. The first-order valence-electron chi connectivity index (χ1n) is 12.0. The van der Waals surface area contributed by atoms with Gasteiger partial charge in [-0.05, 0) is 116 Å². The van der Waals surface area contributed by atoms with Gasteiger partial charge in [-0.2, -0.15) is 0 Å². The van der Waals surface area contributed by atoms with Gasteiger partial charge in [0.05, 0.1) is 0 Å². The summed E-state index contributed by atoms with van der Waals surface area (Å²) >= 11 is 0. The average molecular weight is 423 g/mol. The summed E-state index contributed by atoms with van der Waals surface area (Å²) in [6.07, 6.45) is 9.58. The molecule has 162 valence electrons. The highest BCUT2D eigenvalue weighted by Gasteiger charge is 2.51. The van der Waals surface area contributed by atoms with Crippen molar-refractivity contribution in [2.24, 2.45) is 17.8 Å². The zero-order chi connectivity index (χ0) is 21.5. The number of benzene rings is 3. The zero-order valence-corrected chi connectivity index (χ0v) is 18.4.